The molecule has 7 heteroatoms. The summed E-state index contributed by atoms with van der Waals surface area (Å²) in [6.07, 6.45) is 1.74. The highest BCUT2D eigenvalue weighted by Crippen LogP contribution is 2.61. The number of nitrogens with one attached hydrogen (secondary N) is 1. The van der Waals surface area contributed by atoms with Gasteiger partial charge in [-0.15, -0.1) is 0 Å². The Morgan fingerprint density at radius 1 is 1.03 bits per heavy atom. The van der Waals surface area contributed by atoms with E-state index < -0.39 is 17.4 Å². The van der Waals surface area contributed by atoms with Crippen LogP contribution in [0.15, 0.2) is 40.9 Å². The van der Waals surface area contributed by atoms with Crippen molar-refractivity contribution in [3.63, 3.8) is 0 Å². The van der Waals surface area contributed by atoms with Gasteiger partial charge in [0.05, 0.1) is 17.5 Å². The second-order valence-corrected chi connectivity index (χ2v) is 9.96. The molecule has 4 aliphatic heterocycles. The maximum Gasteiger partial charge on any atom is 0.250 e. The number of carbonyl (C=O) groups excluding carboxylic acids is 3. The van der Waals surface area contributed by atoms with Crippen LogP contribution in [-0.4, -0.2) is 35.2 Å². The summed E-state index contributed by atoms with van der Waals surface area (Å²) >= 11 is 3.41. The summed E-state index contributed by atoms with van der Waals surface area (Å²) in [5, 5.41) is 3.09. The number of imide groups is 1. The van der Waals surface area contributed by atoms with Gasteiger partial charge in [0, 0.05) is 21.8 Å². The first-order valence-electron chi connectivity index (χ1n) is 10.7. The molecule has 3 amide bonds. The van der Waals surface area contributed by atoms with Crippen molar-refractivity contribution in [1.82, 2.24) is 4.90 Å². The van der Waals surface area contributed by atoms with Gasteiger partial charge < -0.3 is 5.32 Å². The maximum atomic E-state index is 13.9. The first kappa shape index (κ1) is 19.2. The van der Waals surface area contributed by atoms with Crippen LogP contribution < -0.4 is 10.2 Å². The molecule has 3 fully saturated rings. The van der Waals surface area contributed by atoms with Crippen LogP contribution in [0.1, 0.15) is 29.5 Å². The number of amides is 3. The molecule has 6 rings (SSSR count). The number of fused-ring (bicyclic) bond motifs is 7. The predicted molar refractivity (Wildman–Crippen MR) is 120 cm³/mol. The molecule has 2 aromatic carbocycles. The highest BCUT2D eigenvalue weighted by Gasteiger charge is 2.74. The van der Waals surface area contributed by atoms with Gasteiger partial charge >= 0.3 is 0 Å². The summed E-state index contributed by atoms with van der Waals surface area (Å²) in [6.45, 7) is 4.73. The SMILES string of the molecule is Cc1ccc2c(c1C)NC(=O)[C@@]21[C@@H]2C(=O)N(c3ccc(Br)cc3)C(=O)[C@@H]2[C@H]2CCCN21. The van der Waals surface area contributed by atoms with E-state index in [4.69, 9.17) is 0 Å². The molecule has 6 nitrogen and oxygen atoms in total. The van der Waals surface area contributed by atoms with Crippen molar-refractivity contribution in [2.24, 2.45) is 11.8 Å². The first-order chi connectivity index (χ1) is 14.9. The van der Waals surface area contributed by atoms with Crippen LogP contribution in [0.5, 0.6) is 0 Å². The number of aryl methyl sites for hydroxylation is 1. The van der Waals surface area contributed by atoms with Crippen molar-refractivity contribution in [2.75, 3.05) is 16.8 Å². The molecule has 1 spiro atoms. The first-order valence-corrected chi connectivity index (χ1v) is 11.5. The monoisotopic (exact) mass is 479 g/mol. The molecule has 2 aromatic rings. The minimum absolute atomic E-state index is 0.0970. The van der Waals surface area contributed by atoms with Gasteiger partial charge in [0.15, 0.2) is 0 Å². The fraction of sp³-hybridized carbons (Fsp3) is 0.375. The summed E-state index contributed by atoms with van der Waals surface area (Å²) in [6, 6.07) is 11.1. The Bertz CT molecular complexity index is 1180. The van der Waals surface area contributed by atoms with E-state index in [-0.39, 0.29) is 23.8 Å². The lowest BCUT2D eigenvalue weighted by Crippen LogP contribution is -2.54. The van der Waals surface area contributed by atoms with Crippen LogP contribution in [0, 0.1) is 25.7 Å². The minimum atomic E-state index is -1.11. The maximum absolute atomic E-state index is 13.9. The molecule has 0 radical (unpaired) electrons. The summed E-state index contributed by atoms with van der Waals surface area (Å²) in [5.74, 6) is -1.84. The molecule has 1 N–H and O–H groups in total. The van der Waals surface area contributed by atoms with Gasteiger partial charge in [-0.05, 0) is 68.6 Å². The van der Waals surface area contributed by atoms with Gasteiger partial charge in [-0.1, -0.05) is 28.1 Å². The molecular weight excluding hydrogens is 458 g/mol. The fourth-order valence-corrected chi connectivity index (χ4v) is 6.63. The van der Waals surface area contributed by atoms with E-state index in [0.29, 0.717) is 5.69 Å². The second-order valence-electron chi connectivity index (χ2n) is 9.05. The average molecular weight is 480 g/mol. The van der Waals surface area contributed by atoms with Gasteiger partial charge in [0.1, 0.15) is 5.54 Å². The Morgan fingerprint density at radius 3 is 2.52 bits per heavy atom. The van der Waals surface area contributed by atoms with Crippen molar-refractivity contribution < 1.29 is 14.4 Å². The van der Waals surface area contributed by atoms with E-state index in [1.54, 1.807) is 12.1 Å². The number of hydrogen-bond donors (Lipinski definition) is 1. The van der Waals surface area contributed by atoms with Crippen LogP contribution >= 0.6 is 15.9 Å². The van der Waals surface area contributed by atoms with Crippen LogP contribution in [0.2, 0.25) is 0 Å². The molecule has 4 heterocycles. The van der Waals surface area contributed by atoms with Crippen LogP contribution in [0.25, 0.3) is 0 Å². The number of benzene rings is 2. The Hall–Kier alpha value is -2.51. The molecule has 31 heavy (non-hydrogen) atoms. The van der Waals surface area contributed by atoms with Crippen molar-refractivity contribution in [1.29, 1.82) is 0 Å². The standard InChI is InChI=1S/C24H22BrN3O3/c1-12-5-10-16-20(13(12)2)26-23(31)24(16)19-18(17-4-3-11-27(17)24)21(29)28(22(19)30)15-8-6-14(25)7-9-15/h5-10,17-19H,3-4,11H2,1-2H3,(H,26,31)/t17-,18-,19+,24+/m1/s1. The third-order valence-corrected chi connectivity index (χ3v) is 8.31. The Labute approximate surface area is 188 Å². The zero-order valence-electron chi connectivity index (χ0n) is 17.3. The van der Waals surface area contributed by atoms with Crippen molar-refractivity contribution in [2.45, 2.75) is 38.3 Å². The predicted octanol–water partition coefficient (Wildman–Crippen LogP) is 3.50. The third-order valence-electron chi connectivity index (χ3n) is 7.78. The van der Waals surface area contributed by atoms with Gasteiger partial charge in [-0.25, -0.2) is 4.90 Å². The highest BCUT2D eigenvalue weighted by atomic mass is 79.9. The summed E-state index contributed by atoms with van der Waals surface area (Å²) in [7, 11) is 0. The molecule has 4 aliphatic rings. The Balaban J connectivity index is 1.56. The van der Waals surface area contributed by atoms with Crippen molar-refractivity contribution in [3.05, 3.63) is 57.6 Å². The van der Waals surface area contributed by atoms with E-state index >= 15 is 0 Å². The molecular formula is C24H22BrN3O3. The Kier molecular flexibility index (Phi) is 3.88. The lowest BCUT2D eigenvalue weighted by Gasteiger charge is -2.36. The highest BCUT2D eigenvalue weighted by molar-refractivity contribution is 9.10. The smallest absolute Gasteiger partial charge is 0.250 e. The molecule has 0 saturated carbocycles. The van der Waals surface area contributed by atoms with Crippen molar-refractivity contribution in [3.8, 4) is 0 Å². The Morgan fingerprint density at radius 2 is 1.77 bits per heavy atom. The molecule has 3 saturated heterocycles. The fourth-order valence-electron chi connectivity index (χ4n) is 6.36. The lowest BCUT2D eigenvalue weighted by atomic mass is 9.75. The summed E-state index contributed by atoms with van der Waals surface area (Å²) in [5.41, 5.74) is 3.21. The quantitative estimate of drug-likeness (QED) is 0.635. The van der Waals surface area contributed by atoms with E-state index in [9.17, 15) is 14.4 Å². The third kappa shape index (κ3) is 2.18. The number of nitrogens with zero attached hydrogens (tertiary/aromatic N) is 2. The van der Waals surface area contributed by atoms with Crippen molar-refractivity contribution >= 4 is 45.0 Å². The number of rotatable bonds is 1. The minimum Gasteiger partial charge on any atom is -0.324 e. The number of hydrogen-bond acceptors (Lipinski definition) is 4. The van der Waals surface area contributed by atoms with E-state index in [0.717, 1.165) is 46.2 Å². The van der Waals surface area contributed by atoms with E-state index in [1.165, 1.54) is 4.90 Å². The van der Waals surface area contributed by atoms with Gasteiger partial charge in [0.2, 0.25) is 17.7 Å². The molecule has 0 unspecified atom stereocenters. The zero-order valence-corrected chi connectivity index (χ0v) is 18.9. The van der Waals surface area contributed by atoms with E-state index in [1.807, 2.05) is 38.1 Å². The van der Waals surface area contributed by atoms with Gasteiger partial charge in [-0.2, -0.15) is 0 Å². The van der Waals surface area contributed by atoms with Crippen LogP contribution in [0.4, 0.5) is 11.4 Å². The largest absolute Gasteiger partial charge is 0.324 e. The van der Waals surface area contributed by atoms with Gasteiger partial charge in [0.25, 0.3) is 0 Å². The van der Waals surface area contributed by atoms with Crippen LogP contribution in [-0.2, 0) is 19.9 Å². The zero-order chi connectivity index (χ0) is 21.7. The lowest BCUT2D eigenvalue weighted by molar-refractivity contribution is -0.135. The number of halogens is 1. The number of anilines is 2. The summed E-state index contributed by atoms with van der Waals surface area (Å²) < 4.78 is 0.879. The molecule has 158 valence electrons. The number of carbonyl (C=O) groups is 3. The topological polar surface area (TPSA) is 69.7 Å². The molecule has 0 bridgehead atoms. The molecule has 0 aromatic heterocycles. The molecule has 0 aliphatic carbocycles. The molecule has 4 atom stereocenters. The van der Waals surface area contributed by atoms with E-state index in [2.05, 4.69) is 26.1 Å². The van der Waals surface area contributed by atoms with Gasteiger partial charge in [-0.3, -0.25) is 19.3 Å². The summed E-state index contributed by atoms with van der Waals surface area (Å²) in [4.78, 5) is 44.7. The average Bonchev–Trinajstić information content (AvgIpc) is 3.45. The van der Waals surface area contributed by atoms with Crippen LogP contribution in [0.3, 0.4) is 0 Å². The normalized spacial score (nSPS) is 31.4. The second kappa shape index (κ2) is 6.26.